The van der Waals surface area contributed by atoms with Gasteiger partial charge in [0.15, 0.2) is 0 Å². The molecule has 0 aliphatic heterocycles. The third-order valence-electron chi connectivity index (χ3n) is 2.51. The maximum atomic E-state index is 11.8. The lowest BCUT2D eigenvalue weighted by atomic mass is 10.0. The quantitative estimate of drug-likeness (QED) is 0.811. The summed E-state index contributed by atoms with van der Waals surface area (Å²) in [6, 6.07) is 11.1. The summed E-state index contributed by atoms with van der Waals surface area (Å²) in [5.41, 5.74) is 8.25. The van der Waals surface area contributed by atoms with Crippen LogP contribution >= 0.6 is 0 Å². The molecule has 1 aromatic carbocycles. The predicted molar refractivity (Wildman–Crippen MR) is 67.5 cm³/mol. The number of nitrogens with two attached hydrogens (primary N) is 1. The van der Waals surface area contributed by atoms with Crippen molar-refractivity contribution in [3.8, 4) is 0 Å². The molecule has 0 radical (unpaired) electrons. The first-order valence-corrected chi connectivity index (χ1v) is 5.49. The summed E-state index contributed by atoms with van der Waals surface area (Å²) in [5, 5.41) is 0. The molecule has 2 rings (SSSR count). The van der Waals surface area contributed by atoms with Gasteiger partial charge in [-0.2, -0.15) is 0 Å². The number of anilines is 1. The van der Waals surface area contributed by atoms with Crippen molar-refractivity contribution in [1.29, 1.82) is 0 Å². The Bertz CT molecular complexity index is 491. The SMILES string of the molecule is Nc1ccc(CC(=O)Cc2cccnc2)cc1. The molecule has 17 heavy (non-hydrogen) atoms. The number of carbonyl (C=O) groups excluding carboxylic acids is 1. The Hall–Kier alpha value is -2.16. The minimum atomic E-state index is 0.183. The molecule has 0 aliphatic carbocycles. The number of aromatic nitrogens is 1. The third-order valence-corrected chi connectivity index (χ3v) is 2.51. The van der Waals surface area contributed by atoms with Crippen molar-refractivity contribution in [2.24, 2.45) is 0 Å². The highest BCUT2D eigenvalue weighted by Gasteiger charge is 2.05. The summed E-state index contributed by atoms with van der Waals surface area (Å²) in [5.74, 6) is 0.183. The van der Waals surface area contributed by atoms with Gasteiger partial charge in [-0.05, 0) is 29.3 Å². The molecule has 1 aromatic heterocycles. The van der Waals surface area contributed by atoms with Crippen molar-refractivity contribution in [2.45, 2.75) is 12.8 Å². The summed E-state index contributed by atoms with van der Waals surface area (Å²) >= 11 is 0. The lowest BCUT2D eigenvalue weighted by Crippen LogP contribution is -2.06. The Morgan fingerprint density at radius 1 is 1.06 bits per heavy atom. The maximum Gasteiger partial charge on any atom is 0.141 e. The predicted octanol–water partition coefficient (Wildman–Crippen LogP) is 2.02. The van der Waals surface area contributed by atoms with Crippen molar-refractivity contribution in [3.05, 3.63) is 59.9 Å². The fourth-order valence-electron chi connectivity index (χ4n) is 1.66. The van der Waals surface area contributed by atoms with Crippen LogP contribution in [0.1, 0.15) is 11.1 Å². The van der Waals surface area contributed by atoms with E-state index >= 15 is 0 Å². The number of rotatable bonds is 4. The Balaban J connectivity index is 1.96. The molecule has 2 N–H and O–H groups in total. The van der Waals surface area contributed by atoms with E-state index in [0.717, 1.165) is 11.1 Å². The highest BCUT2D eigenvalue weighted by Crippen LogP contribution is 2.08. The third kappa shape index (κ3) is 3.41. The van der Waals surface area contributed by atoms with E-state index in [1.807, 2.05) is 36.4 Å². The molecule has 86 valence electrons. The van der Waals surface area contributed by atoms with Gasteiger partial charge < -0.3 is 5.73 Å². The van der Waals surface area contributed by atoms with Crippen LogP contribution in [0.3, 0.4) is 0 Å². The molecule has 3 nitrogen and oxygen atoms in total. The van der Waals surface area contributed by atoms with Gasteiger partial charge in [0.2, 0.25) is 0 Å². The Morgan fingerprint density at radius 2 is 1.76 bits per heavy atom. The molecule has 3 heteroatoms. The fourth-order valence-corrected chi connectivity index (χ4v) is 1.66. The largest absolute Gasteiger partial charge is 0.399 e. The van der Waals surface area contributed by atoms with E-state index in [4.69, 9.17) is 5.73 Å². The number of nitrogen functional groups attached to an aromatic ring is 1. The van der Waals surface area contributed by atoms with E-state index in [0.29, 0.717) is 18.5 Å². The number of hydrogen-bond acceptors (Lipinski definition) is 3. The van der Waals surface area contributed by atoms with Gasteiger partial charge in [0.25, 0.3) is 0 Å². The standard InChI is InChI=1S/C14H14N2O/c15-13-5-3-11(4-6-13)8-14(17)9-12-2-1-7-16-10-12/h1-7,10H,8-9,15H2. The van der Waals surface area contributed by atoms with Crippen molar-refractivity contribution in [3.63, 3.8) is 0 Å². The number of ketones is 1. The van der Waals surface area contributed by atoms with Crippen LogP contribution in [-0.4, -0.2) is 10.8 Å². The molecular weight excluding hydrogens is 212 g/mol. The minimum absolute atomic E-state index is 0.183. The molecule has 0 unspecified atom stereocenters. The number of carbonyl (C=O) groups is 1. The van der Waals surface area contributed by atoms with Crippen molar-refractivity contribution in [2.75, 3.05) is 5.73 Å². The molecule has 0 bridgehead atoms. The van der Waals surface area contributed by atoms with Crippen molar-refractivity contribution in [1.82, 2.24) is 4.98 Å². The molecule has 0 saturated carbocycles. The van der Waals surface area contributed by atoms with E-state index in [-0.39, 0.29) is 5.78 Å². The van der Waals surface area contributed by atoms with Gasteiger partial charge in [0.05, 0.1) is 0 Å². The Kier molecular flexibility index (Phi) is 3.50. The molecule has 0 aliphatic rings. The molecule has 0 amide bonds. The molecular formula is C14H14N2O. The number of Topliss-reactive ketones (excluding diaryl/α,β-unsaturated/α-hetero) is 1. The number of nitrogens with zero attached hydrogens (tertiary/aromatic N) is 1. The highest BCUT2D eigenvalue weighted by atomic mass is 16.1. The second kappa shape index (κ2) is 5.25. The Morgan fingerprint density at radius 3 is 2.41 bits per heavy atom. The van der Waals surface area contributed by atoms with Gasteiger partial charge in [-0.25, -0.2) is 0 Å². The molecule has 0 fully saturated rings. The number of pyridine rings is 1. The summed E-state index contributed by atoms with van der Waals surface area (Å²) in [6.07, 6.45) is 4.29. The Labute approximate surface area is 100 Å². The first kappa shape index (κ1) is 11.3. The zero-order valence-electron chi connectivity index (χ0n) is 9.47. The molecule has 1 heterocycles. The average molecular weight is 226 g/mol. The fraction of sp³-hybridized carbons (Fsp3) is 0.143. The zero-order chi connectivity index (χ0) is 12.1. The van der Waals surface area contributed by atoms with Gasteiger partial charge in [0, 0.05) is 30.9 Å². The zero-order valence-corrected chi connectivity index (χ0v) is 9.47. The topological polar surface area (TPSA) is 56.0 Å². The molecule has 0 spiro atoms. The summed E-state index contributed by atoms with van der Waals surface area (Å²) < 4.78 is 0. The van der Waals surface area contributed by atoms with Gasteiger partial charge in [0.1, 0.15) is 5.78 Å². The van der Waals surface area contributed by atoms with Crippen LogP contribution in [0.2, 0.25) is 0 Å². The van der Waals surface area contributed by atoms with Crippen LogP contribution in [0.15, 0.2) is 48.8 Å². The van der Waals surface area contributed by atoms with Crippen LogP contribution in [0.5, 0.6) is 0 Å². The normalized spacial score (nSPS) is 10.1. The summed E-state index contributed by atoms with van der Waals surface area (Å²) in [4.78, 5) is 15.8. The summed E-state index contributed by atoms with van der Waals surface area (Å²) in [7, 11) is 0. The van der Waals surface area contributed by atoms with Crippen molar-refractivity contribution < 1.29 is 4.79 Å². The smallest absolute Gasteiger partial charge is 0.141 e. The molecule has 2 aromatic rings. The van der Waals surface area contributed by atoms with Gasteiger partial charge in [-0.3, -0.25) is 9.78 Å². The van der Waals surface area contributed by atoms with Crippen LogP contribution in [0, 0.1) is 0 Å². The van der Waals surface area contributed by atoms with Gasteiger partial charge in [-0.15, -0.1) is 0 Å². The van der Waals surface area contributed by atoms with Crippen molar-refractivity contribution >= 4 is 11.5 Å². The lowest BCUT2D eigenvalue weighted by Gasteiger charge is -2.02. The second-order valence-corrected chi connectivity index (χ2v) is 4.00. The summed E-state index contributed by atoms with van der Waals surface area (Å²) in [6.45, 7) is 0. The number of hydrogen-bond donors (Lipinski definition) is 1. The molecule has 0 atom stereocenters. The van der Waals surface area contributed by atoms with Gasteiger partial charge in [-0.1, -0.05) is 18.2 Å². The first-order valence-electron chi connectivity index (χ1n) is 5.49. The highest BCUT2D eigenvalue weighted by molar-refractivity contribution is 5.83. The first-order chi connectivity index (χ1) is 8.24. The van der Waals surface area contributed by atoms with E-state index in [1.165, 1.54) is 0 Å². The maximum absolute atomic E-state index is 11.8. The van der Waals surface area contributed by atoms with E-state index in [1.54, 1.807) is 12.4 Å². The van der Waals surface area contributed by atoms with E-state index in [9.17, 15) is 4.79 Å². The van der Waals surface area contributed by atoms with Gasteiger partial charge >= 0.3 is 0 Å². The van der Waals surface area contributed by atoms with E-state index in [2.05, 4.69) is 4.98 Å². The second-order valence-electron chi connectivity index (χ2n) is 4.00. The average Bonchev–Trinajstić information content (AvgIpc) is 2.33. The van der Waals surface area contributed by atoms with Crippen LogP contribution in [-0.2, 0) is 17.6 Å². The van der Waals surface area contributed by atoms with Crippen LogP contribution < -0.4 is 5.73 Å². The lowest BCUT2D eigenvalue weighted by molar-refractivity contribution is -0.117. The van der Waals surface area contributed by atoms with Crippen LogP contribution in [0.25, 0.3) is 0 Å². The van der Waals surface area contributed by atoms with Crippen LogP contribution in [0.4, 0.5) is 5.69 Å². The van der Waals surface area contributed by atoms with E-state index < -0.39 is 0 Å². The number of benzene rings is 1. The molecule has 0 saturated heterocycles. The minimum Gasteiger partial charge on any atom is -0.399 e. The monoisotopic (exact) mass is 226 g/mol.